The Morgan fingerprint density at radius 3 is 1.58 bits per heavy atom. The van der Waals surface area contributed by atoms with Gasteiger partial charge in [-0.3, -0.25) is 0 Å². The Hall–Kier alpha value is -3.42. The van der Waals surface area contributed by atoms with Gasteiger partial charge in [0.1, 0.15) is 23.0 Å². The van der Waals surface area contributed by atoms with Gasteiger partial charge in [-0.1, -0.05) is 10.3 Å². The number of benzene rings is 2. The minimum absolute atomic E-state index is 0.0668. The molecule has 0 saturated heterocycles. The molecule has 0 saturated carbocycles. The summed E-state index contributed by atoms with van der Waals surface area (Å²) in [5, 5.41) is 26.9. The molecule has 26 heavy (non-hydrogen) atoms. The fourth-order valence-corrected chi connectivity index (χ4v) is 1.89. The van der Waals surface area contributed by atoms with E-state index in [0.29, 0.717) is 22.6 Å². The Kier molecular flexibility index (Phi) is 7.11. The second kappa shape index (κ2) is 9.77. The van der Waals surface area contributed by atoms with E-state index < -0.39 is 0 Å². The monoisotopic (exact) mass is 360 g/mol. The molecular weight excluding hydrogens is 340 g/mol. The SMILES string of the molecule is COc1ccc(O)c(C=NOCCON=Cc2cc(OC)ccc2O)c1. The number of hydrogen-bond donors (Lipinski definition) is 2. The van der Waals surface area contributed by atoms with Crippen LogP contribution in [0.2, 0.25) is 0 Å². The van der Waals surface area contributed by atoms with E-state index in [0.717, 1.165) is 0 Å². The van der Waals surface area contributed by atoms with Gasteiger partial charge in [-0.15, -0.1) is 0 Å². The summed E-state index contributed by atoms with van der Waals surface area (Å²) in [5.74, 6) is 1.33. The lowest BCUT2D eigenvalue weighted by Gasteiger charge is -2.03. The standard InChI is InChI=1S/C18H20N2O6/c1-23-15-3-5-17(21)13(9-15)11-19-25-7-8-26-20-12-14-10-16(24-2)4-6-18(14)22/h3-6,9-12,21-22H,7-8H2,1-2H3. The highest BCUT2D eigenvalue weighted by Crippen LogP contribution is 2.22. The Bertz CT molecular complexity index is 711. The van der Waals surface area contributed by atoms with Crippen LogP contribution in [-0.2, 0) is 9.68 Å². The molecule has 0 aliphatic heterocycles. The van der Waals surface area contributed by atoms with Crippen LogP contribution in [0.5, 0.6) is 23.0 Å². The Morgan fingerprint density at radius 2 is 1.19 bits per heavy atom. The number of ether oxygens (including phenoxy) is 2. The van der Waals surface area contributed by atoms with E-state index in [1.165, 1.54) is 38.8 Å². The molecule has 0 spiro atoms. The van der Waals surface area contributed by atoms with Crippen LogP contribution >= 0.6 is 0 Å². The number of phenolic OH excluding ortho intramolecular Hbond substituents is 2. The number of phenols is 2. The van der Waals surface area contributed by atoms with Crippen molar-refractivity contribution in [2.24, 2.45) is 10.3 Å². The van der Waals surface area contributed by atoms with Gasteiger partial charge < -0.3 is 29.4 Å². The maximum absolute atomic E-state index is 9.70. The van der Waals surface area contributed by atoms with Gasteiger partial charge >= 0.3 is 0 Å². The lowest BCUT2D eigenvalue weighted by Crippen LogP contribution is -1.98. The smallest absolute Gasteiger partial charge is 0.153 e. The number of nitrogens with zero attached hydrogens (tertiary/aromatic N) is 2. The lowest BCUT2D eigenvalue weighted by atomic mass is 10.2. The van der Waals surface area contributed by atoms with E-state index in [2.05, 4.69) is 10.3 Å². The molecule has 0 amide bonds. The average Bonchev–Trinajstić information content (AvgIpc) is 2.66. The van der Waals surface area contributed by atoms with E-state index in [9.17, 15) is 10.2 Å². The number of oxime groups is 2. The van der Waals surface area contributed by atoms with Gasteiger partial charge in [0.05, 0.1) is 26.6 Å². The fourth-order valence-electron chi connectivity index (χ4n) is 1.89. The second-order valence-corrected chi connectivity index (χ2v) is 4.98. The summed E-state index contributed by atoms with van der Waals surface area (Å²) in [6.07, 6.45) is 2.74. The number of aromatic hydroxyl groups is 2. The quantitative estimate of drug-likeness (QED) is 0.405. The Morgan fingerprint density at radius 1 is 0.769 bits per heavy atom. The van der Waals surface area contributed by atoms with Crippen LogP contribution in [0.1, 0.15) is 11.1 Å². The molecule has 0 radical (unpaired) electrons. The maximum atomic E-state index is 9.70. The molecule has 0 atom stereocenters. The van der Waals surface area contributed by atoms with E-state index in [-0.39, 0.29) is 24.7 Å². The van der Waals surface area contributed by atoms with Crippen molar-refractivity contribution in [3.63, 3.8) is 0 Å². The van der Waals surface area contributed by atoms with Gasteiger partial charge in [-0.2, -0.15) is 0 Å². The van der Waals surface area contributed by atoms with Crippen LogP contribution in [0.15, 0.2) is 46.7 Å². The molecule has 2 rings (SSSR count). The van der Waals surface area contributed by atoms with Crippen LogP contribution in [0.3, 0.4) is 0 Å². The van der Waals surface area contributed by atoms with Gasteiger partial charge in [-0.25, -0.2) is 0 Å². The third-order valence-corrected chi connectivity index (χ3v) is 3.27. The maximum Gasteiger partial charge on any atom is 0.153 e. The van der Waals surface area contributed by atoms with Crippen molar-refractivity contribution in [1.82, 2.24) is 0 Å². The highest BCUT2D eigenvalue weighted by Gasteiger charge is 2.01. The first kappa shape index (κ1) is 18.9. The number of rotatable bonds is 9. The van der Waals surface area contributed by atoms with Crippen molar-refractivity contribution in [3.8, 4) is 23.0 Å². The van der Waals surface area contributed by atoms with E-state index in [1.807, 2.05) is 0 Å². The first-order valence-electron chi connectivity index (χ1n) is 7.68. The molecule has 8 heteroatoms. The predicted octanol–water partition coefficient (Wildman–Crippen LogP) is 2.52. The van der Waals surface area contributed by atoms with Gasteiger partial charge in [0.2, 0.25) is 0 Å². The minimum atomic E-state index is 0.0668. The minimum Gasteiger partial charge on any atom is -0.507 e. The van der Waals surface area contributed by atoms with Gasteiger partial charge in [0.15, 0.2) is 13.2 Å². The summed E-state index contributed by atoms with van der Waals surface area (Å²) in [4.78, 5) is 10.1. The molecule has 0 aliphatic carbocycles. The van der Waals surface area contributed by atoms with Crippen LogP contribution in [-0.4, -0.2) is 50.1 Å². The first-order chi connectivity index (χ1) is 12.6. The molecule has 2 aromatic rings. The molecule has 0 heterocycles. The van der Waals surface area contributed by atoms with E-state index in [1.54, 1.807) is 24.3 Å². The molecular formula is C18H20N2O6. The van der Waals surface area contributed by atoms with Gasteiger partial charge in [-0.05, 0) is 36.4 Å². The summed E-state index contributed by atoms with van der Waals surface area (Å²) in [6.45, 7) is 0.311. The lowest BCUT2D eigenvalue weighted by molar-refractivity contribution is 0.0553. The van der Waals surface area contributed by atoms with Crippen molar-refractivity contribution < 1.29 is 29.4 Å². The summed E-state index contributed by atoms with van der Waals surface area (Å²) in [5.41, 5.74) is 0.938. The van der Waals surface area contributed by atoms with E-state index >= 15 is 0 Å². The molecule has 8 nitrogen and oxygen atoms in total. The zero-order valence-electron chi connectivity index (χ0n) is 14.5. The van der Waals surface area contributed by atoms with Crippen molar-refractivity contribution in [2.75, 3.05) is 27.4 Å². The summed E-state index contributed by atoms with van der Waals surface area (Å²) >= 11 is 0. The molecule has 0 bridgehead atoms. The summed E-state index contributed by atoms with van der Waals surface area (Å²) < 4.78 is 10.1. The van der Waals surface area contributed by atoms with E-state index in [4.69, 9.17) is 19.1 Å². The normalized spacial score (nSPS) is 11.0. The fraction of sp³-hybridized carbons (Fsp3) is 0.222. The van der Waals surface area contributed by atoms with Crippen molar-refractivity contribution >= 4 is 12.4 Å². The molecule has 0 unspecified atom stereocenters. The number of hydrogen-bond acceptors (Lipinski definition) is 8. The zero-order chi connectivity index (χ0) is 18.8. The molecule has 0 aliphatic rings. The third-order valence-electron chi connectivity index (χ3n) is 3.27. The van der Waals surface area contributed by atoms with Crippen LogP contribution in [0, 0.1) is 0 Å². The highest BCUT2D eigenvalue weighted by atomic mass is 16.7. The summed E-state index contributed by atoms with van der Waals surface area (Å²) in [7, 11) is 3.07. The number of methoxy groups -OCH3 is 2. The van der Waals surface area contributed by atoms with Crippen LogP contribution < -0.4 is 9.47 Å². The first-order valence-corrected chi connectivity index (χ1v) is 7.68. The molecule has 0 fully saturated rings. The Labute approximate surface area is 150 Å². The largest absolute Gasteiger partial charge is 0.507 e. The summed E-state index contributed by atoms with van der Waals surface area (Å²) in [6, 6.07) is 9.55. The molecule has 0 aromatic heterocycles. The zero-order valence-corrected chi connectivity index (χ0v) is 14.5. The van der Waals surface area contributed by atoms with Crippen LogP contribution in [0.4, 0.5) is 0 Å². The molecule has 2 N–H and O–H groups in total. The molecule has 2 aromatic carbocycles. The van der Waals surface area contributed by atoms with Gasteiger partial charge in [0.25, 0.3) is 0 Å². The van der Waals surface area contributed by atoms with Crippen LogP contribution in [0.25, 0.3) is 0 Å². The van der Waals surface area contributed by atoms with Gasteiger partial charge in [0, 0.05) is 11.1 Å². The van der Waals surface area contributed by atoms with Crippen molar-refractivity contribution in [2.45, 2.75) is 0 Å². The van der Waals surface area contributed by atoms with Crippen molar-refractivity contribution in [3.05, 3.63) is 47.5 Å². The average molecular weight is 360 g/mol. The second-order valence-electron chi connectivity index (χ2n) is 4.98. The predicted molar refractivity (Wildman–Crippen MR) is 96.4 cm³/mol. The third kappa shape index (κ3) is 5.59. The Balaban J connectivity index is 1.74. The molecule has 138 valence electrons. The topological polar surface area (TPSA) is 102 Å². The highest BCUT2D eigenvalue weighted by molar-refractivity contribution is 5.84. The van der Waals surface area contributed by atoms with Crippen molar-refractivity contribution in [1.29, 1.82) is 0 Å².